The Morgan fingerprint density at radius 2 is 2.21 bits per heavy atom. The van der Waals surface area contributed by atoms with E-state index in [1.165, 1.54) is 12.1 Å². The highest BCUT2D eigenvalue weighted by molar-refractivity contribution is 5.34. The van der Waals surface area contributed by atoms with E-state index in [1.54, 1.807) is 6.07 Å². The Morgan fingerprint density at radius 1 is 1.50 bits per heavy atom. The maximum atomic E-state index is 13.1. The minimum Gasteiger partial charge on any atom is -0.330 e. The van der Waals surface area contributed by atoms with E-state index >= 15 is 0 Å². The van der Waals surface area contributed by atoms with E-state index in [0.29, 0.717) is 13.0 Å². The minimum absolute atomic E-state index is 0.485. The van der Waals surface area contributed by atoms with Gasteiger partial charge in [0.15, 0.2) is 0 Å². The lowest BCUT2D eigenvalue weighted by Gasteiger charge is -2.00. The molecule has 0 bridgehead atoms. The van der Waals surface area contributed by atoms with Crippen molar-refractivity contribution < 1.29 is 9.31 Å². The summed E-state index contributed by atoms with van der Waals surface area (Å²) in [6, 6.07) is 3.92. The van der Waals surface area contributed by atoms with Crippen molar-refractivity contribution in [3.63, 3.8) is 0 Å². The number of nitrogens with zero attached hydrogens (tertiary/aromatic N) is 1. The highest BCUT2D eigenvalue weighted by atomic mass is 19.1. The lowest BCUT2D eigenvalue weighted by molar-refractivity contribution is -0.387. The highest BCUT2D eigenvalue weighted by Gasteiger charge is 2.13. The van der Waals surface area contributed by atoms with E-state index in [-0.39, 0.29) is 0 Å². The summed E-state index contributed by atoms with van der Waals surface area (Å²) < 4.78 is 13.1. The number of nitro groups is 1. The zero-order valence-corrected chi connectivity index (χ0v) is 7.57. The lowest BCUT2D eigenvalue weighted by atomic mass is 10.1. The Balaban J connectivity index is 2.83. The number of aryl methyl sites for hydroxylation is 1. The maximum absolute atomic E-state index is 13.1. The molecule has 0 atom stereocenters. The second kappa shape index (κ2) is 4.66. The molecule has 0 aliphatic carbocycles. The third kappa shape index (κ3) is 2.50. The van der Waals surface area contributed by atoms with Crippen LogP contribution in [-0.4, -0.2) is 11.5 Å². The van der Waals surface area contributed by atoms with Crippen molar-refractivity contribution >= 4 is 5.69 Å². The second-order valence-electron chi connectivity index (χ2n) is 2.94. The first-order valence-corrected chi connectivity index (χ1v) is 4.28. The molecule has 0 amide bonds. The van der Waals surface area contributed by atoms with Gasteiger partial charge in [-0.05, 0) is 31.0 Å². The number of nitrogens with two attached hydrogens (primary N) is 1. The Labute approximate surface area is 80.7 Å². The SMILES string of the molecule is NCCCc1ccc([N+](=O)[O-])c(F)c1. The van der Waals surface area contributed by atoms with E-state index < -0.39 is 16.4 Å². The van der Waals surface area contributed by atoms with Crippen LogP contribution >= 0.6 is 0 Å². The van der Waals surface area contributed by atoms with Crippen LogP contribution in [0.3, 0.4) is 0 Å². The summed E-state index contributed by atoms with van der Waals surface area (Å²) in [4.78, 5) is 9.56. The zero-order valence-electron chi connectivity index (χ0n) is 7.57. The number of nitro benzene ring substituents is 1. The predicted octanol–water partition coefficient (Wildman–Crippen LogP) is 1.63. The average Bonchev–Trinajstić information content (AvgIpc) is 2.14. The van der Waals surface area contributed by atoms with Crippen LogP contribution < -0.4 is 5.73 Å². The van der Waals surface area contributed by atoms with Gasteiger partial charge in [-0.3, -0.25) is 10.1 Å². The summed E-state index contributed by atoms with van der Waals surface area (Å²) in [5.41, 5.74) is 5.54. The van der Waals surface area contributed by atoms with Crippen molar-refractivity contribution in [3.8, 4) is 0 Å². The van der Waals surface area contributed by atoms with E-state index in [4.69, 9.17) is 5.73 Å². The summed E-state index contributed by atoms with van der Waals surface area (Å²) in [7, 11) is 0. The first kappa shape index (κ1) is 10.6. The molecule has 0 heterocycles. The molecule has 0 radical (unpaired) electrons. The molecule has 0 aromatic heterocycles. The molecular formula is C9H11FN2O2. The van der Waals surface area contributed by atoms with Crippen molar-refractivity contribution in [1.82, 2.24) is 0 Å². The number of benzene rings is 1. The second-order valence-corrected chi connectivity index (χ2v) is 2.94. The Bertz CT molecular complexity index is 342. The molecular weight excluding hydrogens is 187 g/mol. The maximum Gasteiger partial charge on any atom is 0.304 e. The fourth-order valence-electron chi connectivity index (χ4n) is 1.16. The van der Waals surface area contributed by atoms with Crippen molar-refractivity contribution in [2.24, 2.45) is 5.73 Å². The number of halogens is 1. The molecule has 0 unspecified atom stereocenters. The minimum atomic E-state index is -0.787. The molecule has 0 aliphatic heterocycles. The fourth-order valence-corrected chi connectivity index (χ4v) is 1.16. The summed E-state index contributed by atoms with van der Waals surface area (Å²) >= 11 is 0. The Morgan fingerprint density at radius 3 is 2.71 bits per heavy atom. The predicted molar refractivity (Wildman–Crippen MR) is 50.4 cm³/mol. The zero-order chi connectivity index (χ0) is 10.6. The molecule has 0 aliphatic rings. The molecule has 0 saturated carbocycles. The van der Waals surface area contributed by atoms with Gasteiger partial charge in [-0.25, -0.2) is 0 Å². The summed E-state index contributed by atoms with van der Waals surface area (Å²) in [5.74, 6) is -0.787. The Hall–Kier alpha value is -1.49. The van der Waals surface area contributed by atoms with Crippen LogP contribution in [0.15, 0.2) is 18.2 Å². The first-order valence-electron chi connectivity index (χ1n) is 4.28. The summed E-state index contributed by atoms with van der Waals surface area (Å²) in [5, 5.41) is 10.3. The molecule has 1 rings (SSSR count). The van der Waals surface area contributed by atoms with Crippen LogP contribution in [0.25, 0.3) is 0 Å². The molecule has 14 heavy (non-hydrogen) atoms. The molecule has 0 fully saturated rings. The van der Waals surface area contributed by atoms with Crippen molar-refractivity contribution in [3.05, 3.63) is 39.7 Å². The molecule has 0 spiro atoms. The molecule has 76 valence electrons. The van der Waals surface area contributed by atoms with Crippen molar-refractivity contribution in [2.45, 2.75) is 12.8 Å². The van der Waals surface area contributed by atoms with Gasteiger partial charge in [0.2, 0.25) is 5.82 Å². The average molecular weight is 198 g/mol. The van der Waals surface area contributed by atoms with Crippen LogP contribution in [0.1, 0.15) is 12.0 Å². The van der Waals surface area contributed by atoms with Crippen LogP contribution in [-0.2, 0) is 6.42 Å². The van der Waals surface area contributed by atoms with Crippen LogP contribution in [0.2, 0.25) is 0 Å². The summed E-state index contributed by atoms with van der Waals surface area (Å²) in [6.45, 7) is 0.526. The van der Waals surface area contributed by atoms with Gasteiger partial charge in [-0.2, -0.15) is 4.39 Å². The monoisotopic (exact) mass is 198 g/mol. The highest BCUT2D eigenvalue weighted by Crippen LogP contribution is 2.18. The van der Waals surface area contributed by atoms with Gasteiger partial charge in [-0.1, -0.05) is 6.07 Å². The van der Waals surface area contributed by atoms with E-state index in [0.717, 1.165) is 12.0 Å². The lowest BCUT2D eigenvalue weighted by Crippen LogP contribution is -2.01. The van der Waals surface area contributed by atoms with Crippen LogP contribution in [0.5, 0.6) is 0 Å². The third-order valence-electron chi connectivity index (χ3n) is 1.88. The normalized spacial score (nSPS) is 10.1. The fraction of sp³-hybridized carbons (Fsp3) is 0.333. The molecule has 5 heteroatoms. The van der Waals surface area contributed by atoms with Gasteiger partial charge in [-0.15, -0.1) is 0 Å². The molecule has 4 nitrogen and oxygen atoms in total. The largest absolute Gasteiger partial charge is 0.330 e. The van der Waals surface area contributed by atoms with Gasteiger partial charge in [0.1, 0.15) is 0 Å². The van der Waals surface area contributed by atoms with Gasteiger partial charge >= 0.3 is 5.69 Å². The van der Waals surface area contributed by atoms with Crippen LogP contribution in [0, 0.1) is 15.9 Å². The first-order chi connectivity index (χ1) is 6.65. The van der Waals surface area contributed by atoms with Gasteiger partial charge in [0.05, 0.1) is 4.92 Å². The molecule has 0 saturated heterocycles. The standard InChI is InChI=1S/C9H11FN2O2/c10-8-6-7(2-1-5-11)3-4-9(8)12(13)14/h3-4,6H,1-2,5,11H2. The van der Waals surface area contributed by atoms with Gasteiger partial charge in [0, 0.05) is 6.07 Å². The van der Waals surface area contributed by atoms with Crippen molar-refractivity contribution in [2.75, 3.05) is 6.54 Å². The number of hydrogen-bond acceptors (Lipinski definition) is 3. The van der Waals surface area contributed by atoms with E-state index in [9.17, 15) is 14.5 Å². The molecule has 1 aromatic carbocycles. The third-order valence-corrected chi connectivity index (χ3v) is 1.88. The smallest absolute Gasteiger partial charge is 0.304 e. The Kier molecular flexibility index (Phi) is 3.53. The summed E-state index contributed by atoms with van der Waals surface area (Å²) in [6.07, 6.45) is 1.39. The van der Waals surface area contributed by atoms with E-state index in [2.05, 4.69) is 0 Å². The topological polar surface area (TPSA) is 69.2 Å². The molecule has 1 aromatic rings. The number of hydrogen-bond donors (Lipinski definition) is 1. The van der Waals surface area contributed by atoms with Gasteiger partial charge < -0.3 is 5.73 Å². The van der Waals surface area contributed by atoms with Gasteiger partial charge in [0.25, 0.3) is 0 Å². The van der Waals surface area contributed by atoms with Crippen LogP contribution in [0.4, 0.5) is 10.1 Å². The van der Waals surface area contributed by atoms with E-state index in [1.807, 2.05) is 0 Å². The quantitative estimate of drug-likeness (QED) is 0.590. The number of rotatable bonds is 4. The van der Waals surface area contributed by atoms with Crippen molar-refractivity contribution in [1.29, 1.82) is 0 Å². The molecule has 2 N–H and O–H groups in total.